The largest absolute Gasteiger partial charge is 0.375 e. The van der Waals surface area contributed by atoms with Gasteiger partial charge >= 0.3 is 0 Å². The lowest BCUT2D eigenvalue weighted by Crippen LogP contribution is -2.35. The van der Waals surface area contributed by atoms with Crippen LogP contribution >= 0.6 is 35.6 Å². The molecule has 114 valence electrons. The Kier molecular flexibility index (Phi) is 9.96. The first kappa shape index (κ1) is 19.5. The van der Waals surface area contributed by atoms with Crippen LogP contribution in [0.3, 0.4) is 0 Å². The van der Waals surface area contributed by atoms with Crippen LogP contribution in [0, 0.1) is 5.92 Å². The average Bonchev–Trinajstić information content (AvgIpc) is 2.39. The Morgan fingerprint density at radius 2 is 2.05 bits per heavy atom. The number of nitrogens with one attached hydrogen (secondary N) is 1. The number of guanidine groups is 1. The van der Waals surface area contributed by atoms with Crippen LogP contribution < -0.4 is 11.1 Å². The summed E-state index contributed by atoms with van der Waals surface area (Å²) >= 11 is 6.15. The molecule has 0 fully saturated rings. The first-order chi connectivity index (χ1) is 9.04. The van der Waals surface area contributed by atoms with Crippen molar-refractivity contribution < 1.29 is 4.74 Å². The molecular weight excluding hydrogens is 389 g/mol. The maximum Gasteiger partial charge on any atom is 0.188 e. The van der Waals surface area contributed by atoms with Crippen molar-refractivity contribution in [3.8, 4) is 0 Å². The van der Waals surface area contributed by atoms with Gasteiger partial charge in [0, 0.05) is 30.8 Å². The number of nitrogens with two attached hydrogens (primary N) is 1. The summed E-state index contributed by atoms with van der Waals surface area (Å²) in [5.41, 5.74) is 6.73. The molecular formula is C14H23ClIN3O. The van der Waals surface area contributed by atoms with Gasteiger partial charge in [-0.05, 0) is 12.0 Å². The molecule has 0 spiro atoms. The number of halogens is 2. The van der Waals surface area contributed by atoms with Gasteiger partial charge in [0.1, 0.15) is 6.10 Å². The number of nitrogens with zero attached hydrogens (tertiary/aromatic N) is 1. The van der Waals surface area contributed by atoms with Gasteiger partial charge < -0.3 is 15.8 Å². The molecule has 0 amide bonds. The zero-order chi connectivity index (χ0) is 14.3. The first-order valence-corrected chi connectivity index (χ1v) is 6.73. The third kappa shape index (κ3) is 6.76. The minimum Gasteiger partial charge on any atom is -0.375 e. The second kappa shape index (κ2) is 10.2. The third-order valence-corrected chi connectivity index (χ3v) is 2.98. The van der Waals surface area contributed by atoms with Crippen LogP contribution in [0.5, 0.6) is 0 Å². The molecule has 0 aliphatic rings. The maximum atomic E-state index is 6.15. The summed E-state index contributed by atoms with van der Waals surface area (Å²) in [6.45, 7) is 5.44. The molecule has 0 radical (unpaired) electrons. The fourth-order valence-electron chi connectivity index (χ4n) is 1.59. The summed E-state index contributed by atoms with van der Waals surface area (Å²) in [5, 5.41) is 3.75. The van der Waals surface area contributed by atoms with E-state index < -0.39 is 0 Å². The predicted molar refractivity (Wildman–Crippen MR) is 95.9 cm³/mol. The highest BCUT2D eigenvalue weighted by Gasteiger charge is 2.13. The molecule has 3 N–H and O–H groups in total. The topological polar surface area (TPSA) is 59.6 Å². The number of hydrogen-bond acceptors (Lipinski definition) is 2. The molecule has 0 bridgehead atoms. The summed E-state index contributed by atoms with van der Waals surface area (Å²) < 4.78 is 5.44. The van der Waals surface area contributed by atoms with Gasteiger partial charge in [0.2, 0.25) is 0 Å². The zero-order valence-electron chi connectivity index (χ0n) is 12.1. The Bertz CT molecular complexity index is 427. The first-order valence-electron chi connectivity index (χ1n) is 6.35. The average molecular weight is 412 g/mol. The van der Waals surface area contributed by atoms with Crippen LogP contribution in [0.4, 0.5) is 0 Å². The molecule has 4 nitrogen and oxygen atoms in total. The van der Waals surface area contributed by atoms with Gasteiger partial charge in [-0.15, -0.1) is 24.0 Å². The van der Waals surface area contributed by atoms with E-state index in [0.717, 1.165) is 5.56 Å². The third-order valence-electron chi connectivity index (χ3n) is 2.63. The van der Waals surface area contributed by atoms with Crippen LogP contribution in [0.1, 0.15) is 25.5 Å². The van der Waals surface area contributed by atoms with Gasteiger partial charge in [-0.2, -0.15) is 0 Å². The molecule has 1 atom stereocenters. The second-order valence-electron chi connectivity index (χ2n) is 4.75. The summed E-state index contributed by atoms with van der Waals surface area (Å²) in [5.74, 6) is 0.921. The lowest BCUT2D eigenvalue weighted by atomic mass is 10.1. The standard InChI is InChI=1S/C14H22ClN3O.HI/c1-10(2)8-17-14(16)18-9-13(19-3)11-6-4-5-7-12(11)15;/h4-7,10,13H,8-9H2,1-3H3,(H3,16,17,18);1H. The molecule has 0 heterocycles. The van der Waals surface area contributed by atoms with Crippen molar-refractivity contribution in [2.24, 2.45) is 16.6 Å². The Morgan fingerprint density at radius 1 is 1.40 bits per heavy atom. The van der Waals surface area contributed by atoms with E-state index in [2.05, 4.69) is 24.2 Å². The number of hydrogen-bond donors (Lipinski definition) is 2. The van der Waals surface area contributed by atoms with Crippen molar-refractivity contribution in [3.63, 3.8) is 0 Å². The summed E-state index contributed by atoms with van der Waals surface area (Å²) in [6, 6.07) is 7.62. The maximum absolute atomic E-state index is 6.15. The van der Waals surface area contributed by atoms with Crippen molar-refractivity contribution in [2.75, 3.05) is 20.2 Å². The second-order valence-corrected chi connectivity index (χ2v) is 5.15. The monoisotopic (exact) mass is 411 g/mol. The Hall–Kier alpha value is -0.530. The molecule has 0 saturated heterocycles. The molecule has 1 rings (SSSR count). The van der Waals surface area contributed by atoms with Crippen molar-refractivity contribution in [1.29, 1.82) is 0 Å². The molecule has 1 aromatic rings. The lowest BCUT2D eigenvalue weighted by molar-refractivity contribution is 0.106. The minimum absolute atomic E-state index is 0. The summed E-state index contributed by atoms with van der Waals surface area (Å²) in [7, 11) is 1.65. The molecule has 20 heavy (non-hydrogen) atoms. The highest BCUT2D eigenvalue weighted by atomic mass is 127. The van der Waals surface area contributed by atoms with Crippen LogP contribution in [0.2, 0.25) is 5.02 Å². The van der Waals surface area contributed by atoms with E-state index in [1.807, 2.05) is 24.3 Å². The highest BCUT2D eigenvalue weighted by molar-refractivity contribution is 14.0. The van der Waals surface area contributed by atoms with Crippen LogP contribution in [0.25, 0.3) is 0 Å². The number of aliphatic imine (C=N–C) groups is 1. The number of ether oxygens (including phenoxy) is 1. The minimum atomic E-state index is -0.151. The van der Waals surface area contributed by atoms with Crippen LogP contribution in [-0.4, -0.2) is 26.2 Å². The number of benzene rings is 1. The van der Waals surface area contributed by atoms with Gasteiger partial charge in [0.05, 0.1) is 0 Å². The molecule has 0 aliphatic heterocycles. The van der Waals surface area contributed by atoms with E-state index in [9.17, 15) is 0 Å². The van der Waals surface area contributed by atoms with E-state index in [1.54, 1.807) is 7.11 Å². The fourth-order valence-corrected chi connectivity index (χ4v) is 1.85. The van der Waals surface area contributed by atoms with Gasteiger partial charge in [-0.1, -0.05) is 43.6 Å². The molecule has 0 aromatic heterocycles. The van der Waals surface area contributed by atoms with E-state index >= 15 is 0 Å². The lowest BCUT2D eigenvalue weighted by Gasteiger charge is -2.18. The summed E-state index contributed by atoms with van der Waals surface area (Å²) in [4.78, 5) is 4.24. The molecule has 6 heteroatoms. The zero-order valence-corrected chi connectivity index (χ0v) is 15.2. The van der Waals surface area contributed by atoms with Gasteiger partial charge in [0.15, 0.2) is 5.96 Å². The van der Waals surface area contributed by atoms with Crippen LogP contribution in [-0.2, 0) is 4.74 Å². The summed E-state index contributed by atoms with van der Waals surface area (Å²) in [6.07, 6.45) is -0.151. The number of methoxy groups -OCH3 is 1. The molecule has 1 aromatic carbocycles. The van der Waals surface area contributed by atoms with Crippen molar-refractivity contribution in [1.82, 2.24) is 5.32 Å². The SMILES string of the molecule is COC(CNC(N)=NCC(C)C)c1ccccc1Cl.I. The Balaban J connectivity index is 0.00000361. The van der Waals surface area contributed by atoms with E-state index in [4.69, 9.17) is 22.1 Å². The highest BCUT2D eigenvalue weighted by Crippen LogP contribution is 2.24. The quantitative estimate of drug-likeness (QED) is 0.429. The fraction of sp³-hybridized carbons (Fsp3) is 0.500. The Labute approximate surface area is 143 Å². The van der Waals surface area contributed by atoms with Gasteiger partial charge in [0.25, 0.3) is 0 Å². The molecule has 0 saturated carbocycles. The van der Waals surface area contributed by atoms with Crippen molar-refractivity contribution >= 4 is 41.5 Å². The Morgan fingerprint density at radius 3 is 2.60 bits per heavy atom. The number of rotatable bonds is 6. The van der Waals surface area contributed by atoms with Crippen molar-refractivity contribution in [3.05, 3.63) is 34.9 Å². The van der Waals surface area contributed by atoms with Crippen LogP contribution in [0.15, 0.2) is 29.3 Å². The van der Waals surface area contributed by atoms with Gasteiger partial charge in [-0.25, -0.2) is 0 Å². The molecule has 1 unspecified atom stereocenters. The van der Waals surface area contributed by atoms with Gasteiger partial charge in [-0.3, -0.25) is 4.99 Å². The smallest absolute Gasteiger partial charge is 0.188 e. The molecule has 0 aliphatic carbocycles. The van der Waals surface area contributed by atoms with Crippen molar-refractivity contribution in [2.45, 2.75) is 20.0 Å². The van der Waals surface area contributed by atoms with E-state index in [0.29, 0.717) is 30.0 Å². The predicted octanol–water partition coefficient (Wildman–Crippen LogP) is 3.21. The van der Waals surface area contributed by atoms with E-state index in [1.165, 1.54) is 0 Å². The normalized spacial score (nSPS) is 12.9. The van der Waals surface area contributed by atoms with E-state index in [-0.39, 0.29) is 30.1 Å².